The number of hydrogen-bond acceptors (Lipinski definition) is 4. The fraction of sp³-hybridized carbons (Fsp3) is 0.188. The molecule has 4 heteroatoms. The van der Waals surface area contributed by atoms with E-state index in [-0.39, 0.29) is 6.04 Å². The van der Waals surface area contributed by atoms with Crippen LogP contribution in [0.1, 0.15) is 29.0 Å². The lowest BCUT2D eigenvalue weighted by Gasteiger charge is -2.18. The van der Waals surface area contributed by atoms with E-state index in [1.165, 1.54) is 15.8 Å². The van der Waals surface area contributed by atoms with E-state index in [0.29, 0.717) is 0 Å². The van der Waals surface area contributed by atoms with Gasteiger partial charge in [-0.05, 0) is 28.8 Å². The fourth-order valence-electron chi connectivity index (χ4n) is 2.57. The Morgan fingerprint density at radius 1 is 1.25 bits per heavy atom. The molecule has 102 valence electrons. The number of aryl methyl sites for hydroxylation is 1. The molecule has 0 radical (unpaired) electrons. The normalized spacial score (nSPS) is 12.7. The van der Waals surface area contributed by atoms with Gasteiger partial charge in [-0.25, -0.2) is 5.43 Å². The van der Waals surface area contributed by atoms with Crippen LogP contribution in [0.3, 0.4) is 0 Å². The molecule has 0 aliphatic heterocycles. The van der Waals surface area contributed by atoms with Gasteiger partial charge in [0, 0.05) is 28.2 Å². The minimum Gasteiger partial charge on any atom is -0.271 e. The first-order valence-corrected chi connectivity index (χ1v) is 7.58. The largest absolute Gasteiger partial charge is 0.271 e. The molecule has 0 saturated heterocycles. The molecular formula is C16H17N3S. The minimum atomic E-state index is -0.0106. The highest BCUT2D eigenvalue weighted by molar-refractivity contribution is 7.10. The van der Waals surface area contributed by atoms with E-state index in [1.807, 2.05) is 18.5 Å². The number of hydrazine groups is 1. The molecule has 20 heavy (non-hydrogen) atoms. The zero-order valence-electron chi connectivity index (χ0n) is 11.3. The van der Waals surface area contributed by atoms with Crippen molar-refractivity contribution in [3.63, 3.8) is 0 Å². The van der Waals surface area contributed by atoms with Crippen LogP contribution < -0.4 is 11.3 Å². The van der Waals surface area contributed by atoms with Crippen molar-refractivity contribution in [2.75, 3.05) is 0 Å². The van der Waals surface area contributed by atoms with Gasteiger partial charge >= 0.3 is 0 Å². The first-order chi connectivity index (χ1) is 9.85. The average Bonchev–Trinajstić information content (AvgIpc) is 2.97. The Hall–Kier alpha value is -1.75. The third kappa shape index (κ3) is 2.22. The van der Waals surface area contributed by atoms with Crippen molar-refractivity contribution in [3.8, 4) is 0 Å². The maximum Gasteiger partial charge on any atom is 0.0826 e. The number of thiophene rings is 1. The first-order valence-electron chi connectivity index (χ1n) is 6.70. The summed E-state index contributed by atoms with van der Waals surface area (Å²) in [6.07, 6.45) is 4.81. The van der Waals surface area contributed by atoms with Crippen LogP contribution in [0.2, 0.25) is 0 Å². The van der Waals surface area contributed by atoms with Crippen LogP contribution in [0, 0.1) is 0 Å². The van der Waals surface area contributed by atoms with Gasteiger partial charge < -0.3 is 0 Å². The van der Waals surface area contributed by atoms with E-state index in [0.717, 1.165) is 17.4 Å². The number of nitrogens with zero attached hydrogens (tertiary/aromatic N) is 1. The molecular weight excluding hydrogens is 266 g/mol. The Bertz CT molecular complexity index is 715. The summed E-state index contributed by atoms with van der Waals surface area (Å²) in [5.41, 5.74) is 5.42. The summed E-state index contributed by atoms with van der Waals surface area (Å²) in [5.74, 6) is 5.84. The summed E-state index contributed by atoms with van der Waals surface area (Å²) < 4.78 is 0. The molecule has 3 aromatic rings. The summed E-state index contributed by atoms with van der Waals surface area (Å²) in [6.45, 7) is 2.17. The summed E-state index contributed by atoms with van der Waals surface area (Å²) in [7, 11) is 0. The number of aromatic nitrogens is 1. The molecule has 0 bridgehead atoms. The Labute approximate surface area is 122 Å². The molecule has 3 rings (SSSR count). The summed E-state index contributed by atoms with van der Waals surface area (Å²) in [4.78, 5) is 5.63. The Morgan fingerprint density at radius 3 is 2.90 bits per heavy atom. The molecule has 2 aromatic heterocycles. The number of rotatable bonds is 4. The van der Waals surface area contributed by atoms with Crippen molar-refractivity contribution in [3.05, 3.63) is 64.1 Å². The third-order valence-electron chi connectivity index (χ3n) is 3.60. The summed E-state index contributed by atoms with van der Waals surface area (Å²) in [6, 6.07) is 10.4. The zero-order valence-corrected chi connectivity index (χ0v) is 12.2. The van der Waals surface area contributed by atoms with Gasteiger partial charge in [-0.2, -0.15) is 0 Å². The van der Waals surface area contributed by atoms with Gasteiger partial charge in [0.2, 0.25) is 0 Å². The van der Waals surface area contributed by atoms with Crippen molar-refractivity contribution in [1.29, 1.82) is 0 Å². The van der Waals surface area contributed by atoms with Crippen LogP contribution in [0.5, 0.6) is 0 Å². The third-order valence-corrected chi connectivity index (χ3v) is 4.62. The highest BCUT2D eigenvalue weighted by atomic mass is 32.1. The van der Waals surface area contributed by atoms with Crippen molar-refractivity contribution in [2.24, 2.45) is 5.84 Å². The number of hydrogen-bond donors (Lipinski definition) is 2. The van der Waals surface area contributed by atoms with Gasteiger partial charge in [0.25, 0.3) is 0 Å². The molecule has 0 aliphatic rings. The molecule has 2 heterocycles. The average molecular weight is 283 g/mol. The van der Waals surface area contributed by atoms with Gasteiger partial charge in [-0.3, -0.25) is 10.8 Å². The van der Waals surface area contributed by atoms with Crippen molar-refractivity contribution in [1.82, 2.24) is 10.4 Å². The van der Waals surface area contributed by atoms with Crippen LogP contribution >= 0.6 is 11.3 Å². The molecule has 3 nitrogen and oxygen atoms in total. The van der Waals surface area contributed by atoms with Gasteiger partial charge in [0.15, 0.2) is 0 Å². The molecule has 0 amide bonds. The Kier molecular flexibility index (Phi) is 3.78. The minimum absolute atomic E-state index is 0.0106. The lowest BCUT2D eigenvalue weighted by molar-refractivity contribution is 0.644. The molecule has 0 fully saturated rings. The van der Waals surface area contributed by atoms with E-state index >= 15 is 0 Å². The van der Waals surface area contributed by atoms with Crippen molar-refractivity contribution in [2.45, 2.75) is 19.4 Å². The molecule has 1 unspecified atom stereocenters. The SMILES string of the molecule is CCc1ccsc1C(NN)c1cncc2ccccc12. The van der Waals surface area contributed by atoms with Crippen LogP contribution in [0.4, 0.5) is 0 Å². The number of benzene rings is 1. The van der Waals surface area contributed by atoms with E-state index < -0.39 is 0 Å². The van der Waals surface area contributed by atoms with Gasteiger partial charge in [0.05, 0.1) is 6.04 Å². The van der Waals surface area contributed by atoms with E-state index in [4.69, 9.17) is 5.84 Å². The number of pyridine rings is 1. The second-order valence-electron chi connectivity index (χ2n) is 4.71. The summed E-state index contributed by atoms with van der Waals surface area (Å²) in [5, 5.41) is 4.46. The second kappa shape index (κ2) is 5.71. The van der Waals surface area contributed by atoms with Crippen LogP contribution in [-0.4, -0.2) is 4.98 Å². The van der Waals surface area contributed by atoms with E-state index in [9.17, 15) is 0 Å². The predicted octanol–water partition coefficient (Wildman–Crippen LogP) is 3.41. The summed E-state index contributed by atoms with van der Waals surface area (Å²) >= 11 is 1.74. The quantitative estimate of drug-likeness (QED) is 0.570. The molecule has 0 saturated carbocycles. The molecule has 0 aliphatic carbocycles. The highest BCUT2D eigenvalue weighted by Crippen LogP contribution is 2.32. The van der Waals surface area contributed by atoms with Gasteiger partial charge in [-0.15, -0.1) is 11.3 Å². The maximum absolute atomic E-state index is 5.84. The van der Waals surface area contributed by atoms with E-state index in [2.05, 4.69) is 47.0 Å². The molecule has 1 aromatic carbocycles. The lowest BCUT2D eigenvalue weighted by atomic mass is 9.98. The zero-order chi connectivity index (χ0) is 13.9. The molecule has 3 N–H and O–H groups in total. The topological polar surface area (TPSA) is 50.9 Å². The Morgan fingerprint density at radius 2 is 2.10 bits per heavy atom. The number of nitrogens with one attached hydrogen (secondary N) is 1. The predicted molar refractivity (Wildman–Crippen MR) is 84.6 cm³/mol. The number of fused-ring (bicyclic) bond motifs is 1. The first kappa shape index (κ1) is 13.2. The number of nitrogens with two attached hydrogens (primary N) is 1. The smallest absolute Gasteiger partial charge is 0.0826 e. The van der Waals surface area contributed by atoms with Crippen molar-refractivity contribution >= 4 is 22.1 Å². The van der Waals surface area contributed by atoms with E-state index in [1.54, 1.807) is 11.3 Å². The standard InChI is InChI=1S/C16H17N3S/c1-2-11-7-8-20-16(11)15(19-17)14-10-18-9-12-5-3-4-6-13(12)14/h3-10,15,19H,2,17H2,1H3. The highest BCUT2D eigenvalue weighted by Gasteiger charge is 2.19. The molecule has 1 atom stereocenters. The van der Waals surface area contributed by atoms with Gasteiger partial charge in [0.1, 0.15) is 0 Å². The maximum atomic E-state index is 5.84. The fourth-order valence-corrected chi connectivity index (χ4v) is 3.64. The molecule has 0 spiro atoms. The van der Waals surface area contributed by atoms with Crippen molar-refractivity contribution < 1.29 is 0 Å². The van der Waals surface area contributed by atoms with Gasteiger partial charge in [-0.1, -0.05) is 31.2 Å². The van der Waals surface area contributed by atoms with Crippen LogP contribution in [-0.2, 0) is 6.42 Å². The monoisotopic (exact) mass is 283 g/mol. The van der Waals surface area contributed by atoms with Crippen LogP contribution in [0.25, 0.3) is 10.8 Å². The lowest BCUT2D eigenvalue weighted by Crippen LogP contribution is -2.29. The second-order valence-corrected chi connectivity index (χ2v) is 5.66. The Balaban J connectivity index is 2.17. The van der Waals surface area contributed by atoms with Crippen LogP contribution in [0.15, 0.2) is 48.1 Å².